The SMILES string of the molecule is CCOC(=O)c1ccccc1NC(=O)C(=O)N(CC(C)C)CC(C)C. The van der Waals surface area contributed by atoms with Gasteiger partial charge in [0.25, 0.3) is 0 Å². The molecule has 6 heteroatoms. The summed E-state index contributed by atoms with van der Waals surface area (Å²) in [6, 6.07) is 6.49. The molecular weight excluding hydrogens is 320 g/mol. The van der Waals surface area contributed by atoms with E-state index in [-0.39, 0.29) is 29.7 Å². The molecule has 0 bridgehead atoms. The largest absolute Gasteiger partial charge is 0.462 e. The van der Waals surface area contributed by atoms with Crippen LogP contribution in [-0.4, -0.2) is 42.4 Å². The van der Waals surface area contributed by atoms with E-state index in [4.69, 9.17) is 4.74 Å². The number of nitrogens with one attached hydrogen (secondary N) is 1. The van der Waals surface area contributed by atoms with Crippen LogP contribution in [0.25, 0.3) is 0 Å². The second-order valence-corrected chi connectivity index (χ2v) is 6.72. The van der Waals surface area contributed by atoms with Gasteiger partial charge in [-0.15, -0.1) is 0 Å². The number of esters is 1. The summed E-state index contributed by atoms with van der Waals surface area (Å²) in [5.41, 5.74) is 0.498. The van der Waals surface area contributed by atoms with E-state index < -0.39 is 17.8 Å². The van der Waals surface area contributed by atoms with Gasteiger partial charge in [-0.2, -0.15) is 0 Å². The van der Waals surface area contributed by atoms with E-state index in [0.29, 0.717) is 13.1 Å². The maximum absolute atomic E-state index is 12.5. The van der Waals surface area contributed by atoms with Crippen LogP contribution in [0.2, 0.25) is 0 Å². The number of ether oxygens (including phenoxy) is 1. The Morgan fingerprint density at radius 2 is 1.60 bits per heavy atom. The highest BCUT2D eigenvalue weighted by atomic mass is 16.5. The topological polar surface area (TPSA) is 75.7 Å². The van der Waals surface area contributed by atoms with E-state index in [1.807, 2.05) is 27.7 Å². The molecule has 0 heterocycles. The molecule has 0 aliphatic heterocycles. The van der Waals surface area contributed by atoms with Crippen molar-refractivity contribution < 1.29 is 19.1 Å². The summed E-state index contributed by atoms with van der Waals surface area (Å²) in [5, 5.41) is 2.55. The summed E-state index contributed by atoms with van der Waals surface area (Å²) in [6.45, 7) is 10.9. The van der Waals surface area contributed by atoms with Crippen molar-refractivity contribution in [3.63, 3.8) is 0 Å². The van der Waals surface area contributed by atoms with Crippen LogP contribution in [0.5, 0.6) is 0 Å². The molecule has 0 fully saturated rings. The van der Waals surface area contributed by atoms with E-state index in [0.717, 1.165) is 0 Å². The Morgan fingerprint density at radius 1 is 1.04 bits per heavy atom. The maximum atomic E-state index is 12.5. The lowest BCUT2D eigenvalue weighted by atomic mass is 10.1. The predicted octanol–water partition coefficient (Wildman–Crippen LogP) is 2.94. The Bertz CT molecular complexity index is 601. The summed E-state index contributed by atoms with van der Waals surface area (Å²) in [5.74, 6) is -1.38. The fourth-order valence-corrected chi connectivity index (χ4v) is 2.42. The van der Waals surface area contributed by atoms with Crippen LogP contribution in [-0.2, 0) is 14.3 Å². The van der Waals surface area contributed by atoms with E-state index in [2.05, 4.69) is 5.32 Å². The summed E-state index contributed by atoms with van der Waals surface area (Å²) in [4.78, 5) is 38.4. The number of para-hydroxylation sites is 1. The Labute approximate surface area is 149 Å². The van der Waals surface area contributed by atoms with Crippen molar-refractivity contribution in [3.8, 4) is 0 Å². The highest BCUT2D eigenvalue weighted by Gasteiger charge is 2.24. The molecule has 0 atom stereocenters. The van der Waals surface area contributed by atoms with E-state index >= 15 is 0 Å². The second-order valence-electron chi connectivity index (χ2n) is 6.72. The number of hydrogen-bond acceptors (Lipinski definition) is 4. The minimum Gasteiger partial charge on any atom is -0.462 e. The van der Waals surface area contributed by atoms with Crippen LogP contribution in [0, 0.1) is 11.8 Å². The van der Waals surface area contributed by atoms with Crippen molar-refractivity contribution in [2.45, 2.75) is 34.6 Å². The second kappa shape index (κ2) is 9.81. The van der Waals surface area contributed by atoms with Crippen LogP contribution in [0.3, 0.4) is 0 Å². The highest BCUT2D eigenvalue weighted by molar-refractivity contribution is 6.39. The van der Waals surface area contributed by atoms with Gasteiger partial charge >= 0.3 is 17.8 Å². The summed E-state index contributed by atoms with van der Waals surface area (Å²) in [6.07, 6.45) is 0. The molecule has 0 aromatic heterocycles. The third-order valence-electron chi connectivity index (χ3n) is 3.32. The first-order chi connectivity index (χ1) is 11.8. The average Bonchev–Trinajstić information content (AvgIpc) is 2.53. The third kappa shape index (κ3) is 6.57. The van der Waals surface area contributed by atoms with Gasteiger partial charge in [-0.3, -0.25) is 9.59 Å². The number of anilines is 1. The zero-order chi connectivity index (χ0) is 19.0. The van der Waals surface area contributed by atoms with Gasteiger partial charge < -0.3 is 15.0 Å². The normalized spacial score (nSPS) is 10.7. The first-order valence-corrected chi connectivity index (χ1v) is 8.62. The summed E-state index contributed by atoms with van der Waals surface area (Å²) >= 11 is 0. The Morgan fingerprint density at radius 3 is 2.12 bits per heavy atom. The number of hydrogen-bond donors (Lipinski definition) is 1. The Hall–Kier alpha value is -2.37. The minimum absolute atomic E-state index is 0.227. The molecule has 25 heavy (non-hydrogen) atoms. The van der Waals surface area contributed by atoms with Crippen LogP contribution < -0.4 is 5.32 Å². The predicted molar refractivity (Wildman–Crippen MR) is 97.3 cm³/mol. The van der Waals surface area contributed by atoms with E-state index in [1.54, 1.807) is 36.1 Å². The zero-order valence-electron chi connectivity index (χ0n) is 15.7. The van der Waals surface area contributed by atoms with Crippen molar-refractivity contribution in [3.05, 3.63) is 29.8 Å². The zero-order valence-corrected chi connectivity index (χ0v) is 15.7. The molecule has 0 radical (unpaired) electrons. The van der Waals surface area contributed by atoms with Gasteiger partial charge in [0, 0.05) is 13.1 Å². The molecular formula is C19H28N2O4. The fourth-order valence-electron chi connectivity index (χ4n) is 2.42. The van der Waals surface area contributed by atoms with Gasteiger partial charge in [0.15, 0.2) is 0 Å². The molecule has 1 N–H and O–H groups in total. The molecule has 2 amide bonds. The third-order valence-corrected chi connectivity index (χ3v) is 3.32. The highest BCUT2D eigenvalue weighted by Crippen LogP contribution is 2.17. The number of rotatable bonds is 7. The van der Waals surface area contributed by atoms with Gasteiger partial charge in [-0.25, -0.2) is 4.79 Å². The lowest BCUT2D eigenvalue weighted by Crippen LogP contribution is -2.43. The van der Waals surface area contributed by atoms with Crippen LogP contribution in [0.15, 0.2) is 24.3 Å². The maximum Gasteiger partial charge on any atom is 0.340 e. The molecule has 0 unspecified atom stereocenters. The van der Waals surface area contributed by atoms with Gasteiger partial charge in [0.1, 0.15) is 0 Å². The molecule has 0 saturated carbocycles. The first kappa shape index (κ1) is 20.7. The number of nitrogens with zero attached hydrogens (tertiary/aromatic N) is 1. The molecule has 0 aliphatic carbocycles. The Kier molecular flexibility index (Phi) is 8.11. The number of amides is 2. The molecule has 0 aliphatic rings. The van der Waals surface area contributed by atoms with Crippen molar-refractivity contribution in [1.29, 1.82) is 0 Å². The summed E-state index contributed by atoms with van der Waals surface area (Å²) in [7, 11) is 0. The number of carbonyl (C=O) groups excluding carboxylic acids is 3. The molecule has 1 aromatic rings. The van der Waals surface area contributed by atoms with Crippen LogP contribution >= 0.6 is 0 Å². The van der Waals surface area contributed by atoms with Crippen molar-refractivity contribution in [2.24, 2.45) is 11.8 Å². The molecule has 0 spiro atoms. The fraction of sp³-hybridized carbons (Fsp3) is 0.526. The monoisotopic (exact) mass is 348 g/mol. The van der Waals surface area contributed by atoms with E-state index in [9.17, 15) is 14.4 Å². The molecule has 1 rings (SSSR count). The molecule has 138 valence electrons. The molecule has 6 nitrogen and oxygen atoms in total. The summed E-state index contributed by atoms with van der Waals surface area (Å²) < 4.78 is 4.98. The number of benzene rings is 1. The average molecular weight is 348 g/mol. The van der Waals surface area contributed by atoms with Crippen molar-refractivity contribution in [2.75, 3.05) is 25.0 Å². The van der Waals surface area contributed by atoms with Gasteiger partial charge in [-0.05, 0) is 30.9 Å². The molecule has 0 saturated heterocycles. The number of carbonyl (C=O) groups is 3. The van der Waals surface area contributed by atoms with Crippen molar-refractivity contribution in [1.82, 2.24) is 4.90 Å². The van der Waals surface area contributed by atoms with Gasteiger partial charge in [0.05, 0.1) is 17.9 Å². The van der Waals surface area contributed by atoms with E-state index in [1.165, 1.54) is 0 Å². The van der Waals surface area contributed by atoms with Gasteiger partial charge in [-0.1, -0.05) is 39.8 Å². The van der Waals surface area contributed by atoms with Crippen LogP contribution in [0.4, 0.5) is 5.69 Å². The quantitative estimate of drug-likeness (QED) is 0.607. The standard InChI is InChI=1S/C19H28N2O4/c1-6-25-19(24)15-9-7-8-10-16(15)20-17(22)18(23)21(11-13(2)3)12-14(4)5/h7-10,13-14H,6,11-12H2,1-5H3,(H,20,22). The van der Waals surface area contributed by atoms with Crippen LogP contribution in [0.1, 0.15) is 45.0 Å². The Balaban J connectivity index is 2.93. The minimum atomic E-state index is -0.752. The first-order valence-electron chi connectivity index (χ1n) is 8.62. The van der Waals surface area contributed by atoms with Gasteiger partial charge in [0.2, 0.25) is 0 Å². The smallest absolute Gasteiger partial charge is 0.340 e. The lowest BCUT2D eigenvalue weighted by Gasteiger charge is -2.25. The van der Waals surface area contributed by atoms with Crippen molar-refractivity contribution >= 4 is 23.5 Å². The molecule has 1 aromatic carbocycles. The lowest BCUT2D eigenvalue weighted by molar-refractivity contribution is -0.143.